The van der Waals surface area contributed by atoms with E-state index in [2.05, 4.69) is 15.0 Å². The van der Waals surface area contributed by atoms with Gasteiger partial charge in [-0.2, -0.15) is 0 Å². The molecule has 2 rings (SSSR count). The quantitative estimate of drug-likeness (QED) is 0.458. The lowest BCUT2D eigenvalue weighted by molar-refractivity contribution is -0.0282. The summed E-state index contributed by atoms with van der Waals surface area (Å²) in [5, 5.41) is 12.8. The minimum atomic E-state index is -0.665. The lowest BCUT2D eigenvalue weighted by Gasteiger charge is -2.17. The van der Waals surface area contributed by atoms with Gasteiger partial charge in [0.15, 0.2) is 0 Å². The predicted molar refractivity (Wildman–Crippen MR) is 69.2 cm³/mol. The molecular weight excluding hydrogens is 266 g/mol. The van der Waals surface area contributed by atoms with Gasteiger partial charge >= 0.3 is 5.69 Å². The van der Waals surface area contributed by atoms with E-state index in [1.54, 1.807) is 0 Å². The Morgan fingerprint density at radius 2 is 2.40 bits per heavy atom. The summed E-state index contributed by atoms with van der Waals surface area (Å²) in [6, 6.07) is 0.790. The van der Waals surface area contributed by atoms with Crippen LogP contribution in [-0.4, -0.2) is 33.4 Å². The van der Waals surface area contributed by atoms with E-state index in [0.29, 0.717) is 12.1 Å². The van der Waals surface area contributed by atoms with E-state index in [9.17, 15) is 14.7 Å². The van der Waals surface area contributed by atoms with Crippen LogP contribution >= 0.6 is 0 Å². The van der Waals surface area contributed by atoms with Crippen LogP contribution in [0.25, 0.3) is 10.4 Å². The number of nitrogens with zero attached hydrogens (tertiary/aromatic N) is 4. The molecule has 0 amide bonds. The molecule has 0 bridgehead atoms. The highest BCUT2D eigenvalue weighted by Gasteiger charge is 2.36. The molecule has 108 valence electrons. The highest BCUT2D eigenvalue weighted by molar-refractivity contribution is 5.03. The number of nitrogens with one attached hydrogen (secondary N) is 1. The van der Waals surface area contributed by atoms with Crippen LogP contribution < -0.4 is 11.2 Å². The Balaban J connectivity index is 2.41. The van der Waals surface area contributed by atoms with Crippen molar-refractivity contribution in [3.05, 3.63) is 43.0 Å². The van der Waals surface area contributed by atoms with Crippen molar-refractivity contribution in [1.82, 2.24) is 9.55 Å². The zero-order chi connectivity index (χ0) is 14.7. The minimum absolute atomic E-state index is 0.272. The Bertz CT molecular complexity index is 645. The molecule has 1 aromatic rings. The number of aliphatic hydroxyl groups is 1. The number of rotatable bonds is 4. The van der Waals surface area contributed by atoms with Crippen molar-refractivity contribution in [2.24, 2.45) is 5.11 Å². The first-order valence-corrected chi connectivity index (χ1v) is 6.26. The Labute approximate surface area is 113 Å². The largest absolute Gasteiger partial charge is 0.394 e. The normalized spacial score (nSPS) is 25.4. The molecule has 9 nitrogen and oxygen atoms in total. The van der Waals surface area contributed by atoms with E-state index in [1.165, 1.54) is 10.6 Å². The Kier molecular flexibility index (Phi) is 4.23. The summed E-state index contributed by atoms with van der Waals surface area (Å²) in [6.07, 6.45) is -0.565. The number of hydrogen-bond donors (Lipinski definition) is 2. The van der Waals surface area contributed by atoms with Crippen LogP contribution in [0.4, 0.5) is 0 Å². The molecule has 1 saturated heterocycles. The zero-order valence-electron chi connectivity index (χ0n) is 10.9. The first kappa shape index (κ1) is 14.3. The summed E-state index contributed by atoms with van der Waals surface area (Å²) in [6.45, 7) is 1.51. The molecule has 20 heavy (non-hydrogen) atoms. The number of H-pyrrole nitrogens is 1. The smallest absolute Gasteiger partial charge is 0.330 e. The molecule has 2 heterocycles. The molecule has 1 aromatic heterocycles. The Morgan fingerprint density at radius 1 is 1.65 bits per heavy atom. The van der Waals surface area contributed by atoms with Gasteiger partial charge in [0, 0.05) is 23.1 Å². The maximum absolute atomic E-state index is 11.9. The molecular formula is C11H15N5O4. The number of aryl methyl sites for hydroxylation is 1. The summed E-state index contributed by atoms with van der Waals surface area (Å²) in [5.41, 5.74) is 7.99. The van der Waals surface area contributed by atoms with Crippen molar-refractivity contribution in [2.75, 3.05) is 6.61 Å². The van der Waals surface area contributed by atoms with Gasteiger partial charge in [0.1, 0.15) is 6.23 Å². The molecule has 0 radical (unpaired) electrons. The molecule has 2 N–H and O–H groups in total. The monoisotopic (exact) mass is 281 g/mol. The van der Waals surface area contributed by atoms with E-state index >= 15 is 0 Å². The summed E-state index contributed by atoms with van der Waals surface area (Å²) >= 11 is 0. The molecule has 9 heteroatoms. The van der Waals surface area contributed by atoms with E-state index in [0.717, 1.165) is 0 Å². The summed E-state index contributed by atoms with van der Waals surface area (Å²) in [7, 11) is 0. The highest BCUT2D eigenvalue weighted by atomic mass is 16.5. The fourth-order valence-corrected chi connectivity index (χ4v) is 2.37. The maximum Gasteiger partial charge on any atom is 0.330 e. The van der Waals surface area contributed by atoms with Crippen LogP contribution in [0, 0.1) is 0 Å². The lowest BCUT2D eigenvalue weighted by Crippen LogP contribution is -2.35. The summed E-state index contributed by atoms with van der Waals surface area (Å²) < 4.78 is 6.88. The number of hydrogen-bond acceptors (Lipinski definition) is 5. The fourth-order valence-electron chi connectivity index (χ4n) is 2.37. The van der Waals surface area contributed by atoms with Crippen LogP contribution in [0.3, 0.4) is 0 Å². The van der Waals surface area contributed by atoms with E-state index in [1.807, 2.05) is 6.92 Å². The maximum atomic E-state index is 11.9. The molecule has 1 fully saturated rings. The topological polar surface area (TPSA) is 133 Å². The van der Waals surface area contributed by atoms with Gasteiger partial charge in [0.2, 0.25) is 0 Å². The van der Waals surface area contributed by atoms with Gasteiger partial charge in [-0.15, -0.1) is 0 Å². The number of ether oxygens (including phenoxy) is 1. The van der Waals surface area contributed by atoms with Crippen molar-refractivity contribution in [2.45, 2.75) is 38.1 Å². The van der Waals surface area contributed by atoms with Crippen LogP contribution in [0.2, 0.25) is 0 Å². The van der Waals surface area contributed by atoms with Crippen LogP contribution in [0.15, 0.2) is 20.8 Å². The molecule has 0 saturated carbocycles. The van der Waals surface area contributed by atoms with Gasteiger partial charge < -0.3 is 9.84 Å². The standard InChI is InChI=1S/C11H15N5O4/c1-2-6-3-9(18)13-11(19)16(6)10-4-7(14-15-12)8(5-17)20-10/h3,7-8,10,17H,2,4-5H2,1H3,(H,13,18,19)/t7-,8+,10+/m0/s1. The molecule has 1 aliphatic rings. The first-order valence-electron chi connectivity index (χ1n) is 6.26. The third-order valence-electron chi connectivity index (χ3n) is 3.29. The second kappa shape index (κ2) is 5.91. The number of azide groups is 1. The SMILES string of the molecule is CCc1cc(=O)[nH]c(=O)n1[C@H]1C[C@H](N=[N+]=[N-])[C@@H](CO)O1. The minimum Gasteiger partial charge on any atom is -0.394 e. The number of aliphatic hydroxyl groups excluding tert-OH is 1. The van der Waals surface area contributed by atoms with Crippen molar-refractivity contribution < 1.29 is 9.84 Å². The molecule has 0 spiro atoms. The van der Waals surface area contributed by atoms with Crippen molar-refractivity contribution in [1.29, 1.82) is 0 Å². The van der Waals surface area contributed by atoms with Gasteiger partial charge in [0.25, 0.3) is 5.56 Å². The van der Waals surface area contributed by atoms with Crippen LogP contribution in [0.5, 0.6) is 0 Å². The zero-order valence-corrected chi connectivity index (χ0v) is 10.9. The third-order valence-corrected chi connectivity index (χ3v) is 3.29. The molecule has 0 unspecified atom stereocenters. The van der Waals surface area contributed by atoms with E-state index in [-0.39, 0.29) is 13.0 Å². The van der Waals surface area contributed by atoms with Crippen LogP contribution in [-0.2, 0) is 11.2 Å². The van der Waals surface area contributed by atoms with Gasteiger partial charge in [-0.3, -0.25) is 14.3 Å². The second-order valence-electron chi connectivity index (χ2n) is 4.47. The summed E-state index contributed by atoms with van der Waals surface area (Å²) in [5.74, 6) is 0. The molecule has 1 aliphatic heterocycles. The summed E-state index contributed by atoms with van der Waals surface area (Å²) in [4.78, 5) is 28.1. The van der Waals surface area contributed by atoms with Crippen molar-refractivity contribution in [3.8, 4) is 0 Å². The molecule has 0 aromatic carbocycles. The average Bonchev–Trinajstić information content (AvgIpc) is 2.80. The number of aromatic nitrogens is 2. The van der Waals surface area contributed by atoms with Gasteiger partial charge in [-0.25, -0.2) is 4.79 Å². The van der Waals surface area contributed by atoms with Gasteiger partial charge in [-0.1, -0.05) is 12.0 Å². The van der Waals surface area contributed by atoms with Crippen molar-refractivity contribution in [3.63, 3.8) is 0 Å². The Hall–Kier alpha value is -2.09. The predicted octanol–water partition coefficient (Wildman–Crippen LogP) is 0.0577. The molecule has 3 atom stereocenters. The Morgan fingerprint density at radius 3 is 3.00 bits per heavy atom. The highest BCUT2D eigenvalue weighted by Crippen LogP contribution is 2.30. The van der Waals surface area contributed by atoms with Crippen molar-refractivity contribution >= 4 is 0 Å². The lowest BCUT2D eigenvalue weighted by atomic mass is 10.1. The van der Waals surface area contributed by atoms with Gasteiger partial charge in [-0.05, 0) is 12.0 Å². The van der Waals surface area contributed by atoms with Gasteiger partial charge in [0.05, 0.1) is 18.8 Å². The third kappa shape index (κ3) is 2.60. The van der Waals surface area contributed by atoms with E-state index in [4.69, 9.17) is 10.3 Å². The van der Waals surface area contributed by atoms with E-state index < -0.39 is 29.6 Å². The van der Waals surface area contributed by atoms with Crippen LogP contribution in [0.1, 0.15) is 25.3 Å². The second-order valence-corrected chi connectivity index (χ2v) is 4.47. The molecule has 0 aliphatic carbocycles. The fraction of sp³-hybridized carbons (Fsp3) is 0.636. The average molecular weight is 281 g/mol. The number of aromatic amines is 1. The first-order chi connectivity index (χ1) is 9.60.